The zero-order valence-electron chi connectivity index (χ0n) is 13.6. The van der Waals surface area contributed by atoms with Gasteiger partial charge in [-0.3, -0.25) is 4.98 Å². The Kier molecular flexibility index (Phi) is 4.66. The standard InChI is InChI=1S/C20H17N3.HI/c1-14-7-5-8-15(2)19(14)16-9-3-4-11-18(16)23-13-22-17-10-6-12-21-20(17)23;/h3-13H,1-2H3;1H. The highest BCUT2D eigenvalue weighted by Crippen LogP contribution is 2.30. The number of para-hydroxylation sites is 1. The number of pyridine rings is 1. The third-order valence-corrected chi connectivity index (χ3v) is 4.28. The van der Waals surface area contributed by atoms with E-state index in [0.717, 1.165) is 16.9 Å². The topological polar surface area (TPSA) is 32.6 Å². The number of fused-ring (bicyclic) bond motifs is 1. The molecule has 4 heteroatoms. The molecule has 2 aromatic carbocycles. The number of benzene rings is 2. The number of rotatable bonds is 2. The van der Waals surface area contributed by atoms with Gasteiger partial charge in [0.05, 0.1) is 0 Å². The number of hydrogen-bond donors (Lipinski definition) is 1. The fourth-order valence-electron chi connectivity index (χ4n) is 3.21. The van der Waals surface area contributed by atoms with Crippen molar-refractivity contribution in [2.24, 2.45) is 0 Å². The Hall–Kier alpha value is -2.21. The normalized spacial score (nSPS) is 10.6. The molecule has 4 aromatic rings. The third-order valence-electron chi connectivity index (χ3n) is 4.28. The molecule has 0 bridgehead atoms. The summed E-state index contributed by atoms with van der Waals surface area (Å²) in [5.41, 5.74) is 8.18. The smallest absolute Gasteiger partial charge is 0.306 e. The molecule has 120 valence electrons. The maximum Gasteiger partial charge on any atom is 0.306 e. The monoisotopic (exact) mass is 427 g/mol. The number of H-pyrrole nitrogens is 1. The first-order chi connectivity index (χ1) is 11.3. The first-order valence-electron chi connectivity index (χ1n) is 7.75. The van der Waals surface area contributed by atoms with Gasteiger partial charge in [-0.1, -0.05) is 36.4 Å². The van der Waals surface area contributed by atoms with Crippen LogP contribution in [0, 0.1) is 13.8 Å². The molecule has 0 amide bonds. The van der Waals surface area contributed by atoms with Gasteiger partial charge in [-0.05, 0) is 48.7 Å². The molecule has 0 aliphatic heterocycles. The van der Waals surface area contributed by atoms with E-state index in [1.165, 1.54) is 22.3 Å². The van der Waals surface area contributed by atoms with Crippen LogP contribution >= 0.6 is 0 Å². The minimum Gasteiger partial charge on any atom is -1.00 e. The van der Waals surface area contributed by atoms with Crippen LogP contribution in [-0.2, 0) is 0 Å². The molecule has 2 heterocycles. The van der Waals surface area contributed by atoms with E-state index in [-0.39, 0.29) is 24.0 Å². The van der Waals surface area contributed by atoms with Gasteiger partial charge in [-0.15, -0.1) is 4.98 Å². The van der Waals surface area contributed by atoms with Crippen LogP contribution in [0.2, 0.25) is 0 Å². The highest BCUT2D eigenvalue weighted by Gasteiger charge is 2.17. The average molecular weight is 427 g/mol. The van der Waals surface area contributed by atoms with Gasteiger partial charge in [-0.25, -0.2) is 0 Å². The van der Waals surface area contributed by atoms with Crippen molar-refractivity contribution in [1.82, 2.24) is 9.97 Å². The van der Waals surface area contributed by atoms with Crippen LogP contribution in [0.1, 0.15) is 11.1 Å². The van der Waals surface area contributed by atoms with E-state index in [1.54, 1.807) is 0 Å². The molecule has 0 unspecified atom stereocenters. The minimum atomic E-state index is 0. The molecule has 0 aliphatic rings. The SMILES string of the molecule is Cc1cccc(C)c1-c1ccccc1-[n+]1c[nH]c2cccnc21.[I-]. The molecule has 0 saturated heterocycles. The van der Waals surface area contributed by atoms with Crippen molar-refractivity contribution in [3.8, 4) is 16.8 Å². The second-order valence-electron chi connectivity index (χ2n) is 5.80. The maximum atomic E-state index is 4.53. The largest absolute Gasteiger partial charge is 1.00 e. The lowest BCUT2D eigenvalue weighted by atomic mass is 9.94. The minimum absolute atomic E-state index is 0. The Labute approximate surface area is 158 Å². The van der Waals surface area contributed by atoms with Crippen LogP contribution < -0.4 is 28.5 Å². The van der Waals surface area contributed by atoms with E-state index in [4.69, 9.17) is 0 Å². The lowest BCUT2D eigenvalue weighted by Crippen LogP contribution is -3.00. The van der Waals surface area contributed by atoms with Gasteiger partial charge < -0.3 is 24.0 Å². The summed E-state index contributed by atoms with van der Waals surface area (Å²) in [6, 6.07) is 18.9. The molecule has 4 rings (SSSR count). The van der Waals surface area contributed by atoms with Gasteiger partial charge in [0.25, 0.3) is 0 Å². The van der Waals surface area contributed by atoms with Gasteiger partial charge in [-0.2, -0.15) is 4.57 Å². The average Bonchev–Trinajstić information content (AvgIpc) is 2.99. The molecular weight excluding hydrogens is 409 g/mol. The molecule has 1 N–H and O–H groups in total. The van der Waals surface area contributed by atoms with Crippen LogP contribution in [-0.4, -0.2) is 9.97 Å². The summed E-state index contributed by atoms with van der Waals surface area (Å²) in [5.74, 6) is 0. The van der Waals surface area contributed by atoms with Crippen LogP contribution in [0.25, 0.3) is 28.0 Å². The van der Waals surface area contributed by atoms with Crippen molar-refractivity contribution in [2.45, 2.75) is 13.8 Å². The van der Waals surface area contributed by atoms with Crippen LogP contribution in [0.3, 0.4) is 0 Å². The van der Waals surface area contributed by atoms with Crippen LogP contribution in [0.4, 0.5) is 0 Å². The van der Waals surface area contributed by atoms with Gasteiger partial charge in [0.1, 0.15) is 11.9 Å². The number of aromatic amines is 1. The lowest BCUT2D eigenvalue weighted by molar-refractivity contribution is -0.568. The zero-order chi connectivity index (χ0) is 15.8. The molecule has 24 heavy (non-hydrogen) atoms. The quantitative estimate of drug-likeness (QED) is 0.378. The van der Waals surface area contributed by atoms with E-state index >= 15 is 0 Å². The van der Waals surface area contributed by atoms with E-state index in [9.17, 15) is 0 Å². The second kappa shape index (κ2) is 6.73. The predicted octanol–water partition coefficient (Wildman–Crippen LogP) is 1.13. The molecule has 0 spiro atoms. The Morgan fingerprint density at radius 1 is 0.875 bits per heavy atom. The summed E-state index contributed by atoms with van der Waals surface area (Å²) >= 11 is 0. The Morgan fingerprint density at radius 3 is 2.42 bits per heavy atom. The lowest BCUT2D eigenvalue weighted by Gasteiger charge is -2.13. The summed E-state index contributed by atoms with van der Waals surface area (Å²) < 4.78 is 2.12. The fraction of sp³-hybridized carbons (Fsp3) is 0.100. The molecular formula is C20H18IN3. The Morgan fingerprint density at radius 2 is 1.62 bits per heavy atom. The molecule has 2 aromatic heterocycles. The highest BCUT2D eigenvalue weighted by molar-refractivity contribution is 5.77. The van der Waals surface area contributed by atoms with E-state index in [1.807, 2.05) is 24.7 Å². The molecule has 0 fully saturated rings. The summed E-state index contributed by atoms with van der Waals surface area (Å²) in [4.78, 5) is 7.82. The number of nitrogens with one attached hydrogen (secondary N) is 1. The van der Waals surface area contributed by atoms with Crippen molar-refractivity contribution >= 4 is 11.2 Å². The number of aryl methyl sites for hydroxylation is 2. The number of hydrogen-bond acceptors (Lipinski definition) is 1. The number of nitrogens with zero attached hydrogens (tertiary/aromatic N) is 2. The molecule has 3 nitrogen and oxygen atoms in total. The fourth-order valence-corrected chi connectivity index (χ4v) is 3.21. The van der Waals surface area contributed by atoms with Gasteiger partial charge in [0.15, 0.2) is 11.8 Å². The molecule has 0 atom stereocenters. The van der Waals surface area contributed by atoms with Crippen molar-refractivity contribution in [3.63, 3.8) is 0 Å². The van der Waals surface area contributed by atoms with E-state index < -0.39 is 0 Å². The third kappa shape index (κ3) is 2.71. The van der Waals surface area contributed by atoms with E-state index in [2.05, 4.69) is 70.8 Å². The predicted molar refractivity (Wildman–Crippen MR) is 92.5 cm³/mol. The van der Waals surface area contributed by atoms with Crippen LogP contribution in [0.15, 0.2) is 67.1 Å². The summed E-state index contributed by atoms with van der Waals surface area (Å²) in [6.07, 6.45) is 3.80. The molecule has 0 saturated carbocycles. The highest BCUT2D eigenvalue weighted by atomic mass is 127. The van der Waals surface area contributed by atoms with Crippen molar-refractivity contribution in [1.29, 1.82) is 0 Å². The van der Waals surface area contributed by atoms with Crippen LogP contribution in [0.5, 0.6) is 0 Å². The number of aromatic nitrogens is 3. The second-order valence-corrected chi connectivity index (χ2v) is 5.80. The van der Waals surface area contributed by atoms with Crippen molar-refractivity contribution in [2.75, 3.05) is 0 Å². The zero-order valence-corrected chi connectivity index (χ0v) is 15.8. The van der Waals surface area contributed by atoms with Gasteiger partial charge in [0, 0.05) is 5.56 Å². The van der Waals surface area contributed by atoms with Gasteiger partial charge >= 0.3 is 5.65 Å². The van der Waals surface area contributed by atoms with Crippen molar-refractivity contribution < 1.29 is 28.5 Å². The molecule has 0 radical (unpaired) electrons. The Balaban J connectivity index is 0.00000169. The summed E-state index contributed by atoms with van der Waals surface area (Å²) in [7, 11) is 0. The number of imidazole rings is 1. The number of halogens is 1. The summed E-state index contributed by atoms with van der Waals surface area (Å²) in [5, 5.41) is 0. The summed E-state index contributed by atoms with van der Waals surface area (Å²) in [6.45, 7) is 4.33. The van der Waals surface area contributed by atoms with E-state index in [0.29, 0.717) is 0 Å². The first kappa shape index (κ1) is 16.6. The Bertz CT molecular complexity index is 984. The van der Waals surface area contributed by atoms with Gasteiger partial charge in [0.2, 0.25) is 0 Å². The maximum absolute atomic E-state index is 4.53. The van der Waals surface area contributed by atoms with Crippen molar-refractivity contribution in [3.05, 3.63) is 78.2 Å². The molecule has 0 aliphatic carbocycles. The first-order valence-corrected chi connectivity index (χ1v) is 7.75.